The molecular weight excluding hydrogens is 213 g/mol. The Balaban J connectivity index is 2.65. The third kappa shape index (κ3) is 1.72. The summed E-state index contributed by atoms with van der Waals surface area (Å²) in [6, 6.07) is 5.12. The molecule has 4 N–H and O–H groups in total. The molecule has 2 aromatic rings. The minimum Gasteiger partial charge on any atom is -0.493 e. The molecule has 5 nitrogen and oxygen atoms in total. The van der Waals surface area contributed by atoms with Gasteiger partial charge in [-0.1, -0.05) is 12.1 Å². The zero-order valence-corrected chi connectivity index (χ0v) is 8.07. The van der Waals surface area contributed by atoms with Gasteiger partial charge in [-0.3, -0.25) is 9.78 Å². The number of benzene rings is 1. The maximum Gasteiger partial charge on any atom is 0.264 e. The van der Waals surface area contributed by atoms with Crippen molar-refractivity contribution in [3.05, 3.63) is 40.4 Å². The number of nitrogens with one attached hydrogen (secondary N) is 1. The van der Waals surface area contributed by atoms with Crippen LogP contribution in [0.4, 0.5) is 10.3 Å². The van der Waals surface area contributed by atoms with Crippen LogP contribution in [0.2, 0.25) is 0 Å². The Morgan fingerprint density at radius 1 is 1.31 bits per heavy atom. The SMILES string of the molecule is Nc1nc(O)c(-c2ccc(F)cc2)c(=O)[nH]1. The number of rotatable bonds is 1. The van der Waals surface area contributed by atoms with Gasteiger partial charge in [0.1, 0.15) is 11.4 Å². The summed E-state index contributed by atoms with van der Waals surface area (Å²) in [5.74, 6) is -1.08. The molecule has 6 heteroatoms. The highest BCUT2D eigenvalue weighted by atomic mass is 19.1. The van der Waals surface area contributed by atoms with E-state index in [1.807, 2.05) is 0 Å². The predicted molar refractivity (Wildman–Crippen MR) is 56.3 cm³/mol. The van der Waals surface area contributed by atoms with Gasteiger partial charge in [0.25, 0.3) is 5.56 Å². The van der Waals surface area contributed by atoms with E-state index in [0.717, 1.165) is 0 Å². The first-order chi connectivity index (χ1) is 7.58. The Morgan fingerprint density at radius 3 is 2.50 bits per heavy atom. The largest absolute Gasteiger partial charge is 0.493 e. The van der Waals surface area contributed by atoms with Crippen molar-refractivity contribution in [2.24, 2.45) is 0 Å². The molecule has 0 aliphatic rings. The number of hydrogen-bond acceptors (Lipinski definition) is 4. The van der Waals surface area contributed by atoms with Crippen LogP contribution >= 0.6 is 0 Å². The van der Waals surface area contributed by atoms with E-state index in [9.17, 15) is 14.3 Å². The maximum atomic E-state index is 12.7. The summed E-state index contributed by atoms with van der Waals surface area (Å²) in [6.07, 6.45) is 0. The fraction of sp³-hybridized carbons (Fsp3) is 0. The molecule has 0 saturated heterocycles. The van der Waals surface area contributed by atoms with Crippen molar-refractivity contribution in [2.75, 3.05) is 5.73 Å². The van der Waals surface area contributed by atoms with Crippen LogP contribution in [-0.4, -0.2) is 15.1 Å². The van der Waals surface area contributed by atoms with Gasteiger partial charge in [0.05, 0.1) is 0 Å². The molecule has 0 fully saturated rings. The molecule has 0 unspecified atom stereocenters. The lowest BCUT2D eigenvalue weighted by atomic mass is 10.1. The number of H-pyrrole nitrogens is 1. The fourth-order valence-corrected chi connectivity index (χ4v) is 1.36. The van der Waals surface area contributed by atoms with E-state index in [0.29, 0.717) is 5.56 Å². The van der Waals surface area contributed by atoms with Crippen molar-refractivity contribution in [1.29, 1.82) is 0 Å². The van der Waals surface area contributed by atoms with E-state index in [-0.39, 0.29) is 11.5 Å². The summed E-state index contributed by atoms with van der Waals surface area (Å²) in [5, 5.41) is 9.49. The Hall–Kier alpha value is -2.37. The van der Waals surface area contributed by atoms with Crippen LogP contribution in [0.1, 0.15) is 0 Å². The van der Waals surface area contributed by atoms with E-state index in [2.05, 4.69) is 9.97 Å². The van der Waals surface area contributed by atoms with Gasteiger partial charge in [-0.2, -0.15) is 4.98 Å². The van der Waals surface area contributed by atoms with Gasteiger partial charge in [0.15, 0.2) is 0 Å². The smallest absolute Gasteiger partial charge is 0.264 e. The predicted octanol–water partition coefficient (Wildman–Crippen LogP) is 0.864. The lowest BCUT2D eigenvalue weighted by Crippen LogP contribution is -2.13. The Kier molecular flexibility index (Phi) is 2.32. The first kappa shape index (κ1) is 10.2. The third-order valence-corrected chi connectivity index (χ3v) is 2.05. The quantitative estimate of drug-likeness (QED) is 0.666. The molecule has 0 spiro atoms. The molecule has 0 radical (unpaired) electrons. The number of nitrogen functional groups attached to an aromatic ring is 1. The van der Waals surface area contributed by atoms with E-state index < -0.39 is 17.3 Å². The van der Waals surface area contributed by atoms with Crippen molar-refractivity contribution in [3.8, 4) is 17.0 Å². The molecule has 1 aromatic carbocycles. The molecule has 0 saturated carbocycles. The Morgan fingerprint density at radius 2 is 1.94 bits per heavy atom. The molecule has 2 rings (SSSR count). The maximum absolute atomic E-state index is 12.7. The standard InChI is InChI=1S/C10H8FN3O2/c11-6-3-1-5(2-4-6)7-8(15)13-10(12)14-9(7)16/h1-4H,(H4,12,13,14,15,16). The zero-order valence-electron chi connectivity index (χ0n) is 8.07. The van der Waals surface area contributed by atoms with E-state index in [1.54, 1.807) is 0 Å². The van der Waals surface area contributed by atoms with Crippen LogP contribution in [-0.2, 0) is 0 Å². The number of hydrogen-bond donors (Lipinski definition) is 3. The second kappa shape index (κ2) is 3.65. The summed E-state index contributed by atoms with van der Waals surface area (Å²) >= 11 is 0. The van der Waals surface area contributed by atoms with Crippen LogP contribution in [0.5, 0.6) is 5.88 Å². The van der Waals surface area contributed by atoms with Crippen LogP contribution < -0.4 is 11.3 Å². The summed E-state index contributed by atoms with van der Waals surface area (Å²) in [7, 11) is 0. The summed E-state index contributed by atoms with van der Waals surface area (Å²) in [6.45, 7) is 0. The number of nitrogens with zero attached hydrogens (tertiary/aromatic N) is 1. The Bertz CT molecular complexity index is 578. The number of aromatic amines is 1. The third-order valence-electron chi connectivity index (χ3n) is 2.05. The van der Waals surface area contributed by atoms with Gasteiger partial charge in [-0.25, -0.2) is 4.39 Å². The second-order valence-corrected chi connectivity index (χ2v) is 3.16. The van der Waals surface area contributed by atoms with Gasteiger partial charge in [-0.05, 0) is 17.7 Å². The minimum atomic E-state index is -0.573. The van der Waals surface area contributed by atoms with Gasteiger partial charge in [0.2, 0.25) is 11.8 Å². The van der Waals surface area contributed by atoms with E-state index in [4.69, 9.17) is 5.73 Å². The average molecular weight is 221 g/mol. The topological polar surface area (TPSA) is 92.0 Å². The first-order valence-corrected chi connectivity index (χ1v) is 4.42. The summed E-state index contributed by atoms with van der Waals surface area (Å²) in [5.41, 5.74) is 5.01. The average Bonchev–Trinajstić information content (AvgIpc) is 2.19. The number of nitrogens with two attached hydrogens (primary N) is 1. The van der Waals surface area contributed by atoms with Crippen LogP contribution in [0, 0.1) is 5.82 Å². The van der Waals surface area contributed by atoms with Crippen molar-refractivity contribution in [3.63, 3.8) is 0 Å². The highest BCUT2D eigenvalue weighted by molar-refractivity contribution is 5.67. The molecule has 0 bridgehead atoms. The van der Waals surface area contributed by atoms with Crippen LogP contribution in [0.3, 0.4) is 0 Å². The number of anilines is 1. The van der Waals surface area contributed by atoms with E-state index in [1.165, 1.54) is 24.3 Å². The number of aromatic nitrogens is 2. The zero-order chi connectivity index (χ0) is 11.7. The molecule has 82 valence electrons. The van der Waals surface area contributed by atoms with Gasteiger partial charge >= 0.3 is 0 Å². The number of halogens is 1. The molecule has 1 heterocycles. The van der Waals surface area contributed by atoms with E-state index >= 15 is 0 Å². The normalized spacial score (nSPS) is 10.3. The number of aromatic hydroxyl groups is 1. The molecular formula is C10H8FN3O2. The van der Waals surface area contributed by atoms with Crippen LogP contribution in [0.15, 0.2) is 29.1 Å². The molecule has 0 aliphatic heterocycles. The van der Waals surface area contributed by atoms with Crippen molar-refractivity contribution >= 4 is 5.95 Å². The summed E-state index contributed by atoms with van der Waals surface area (Å²) in [4.78, 5) is 17.3. The highest BCUT2D eigenvalue weighted by Crippen LogP contribution is 2.23. The Labute approximate surface area is 89.4 Å². The van der Waals surface area contributed by atoms with Crippen LogP contribution in [0.25, 0.3) is 11.1 Å². The van der Waals surface area contributed by atoms with Gasteiger partial charge in [-0.15, -0.1) is 0 Å². The second-order valence-electron chi connectivity index (χ2n) is 3.16. The molecule has 1 aromatic heterocycles. The minimum absolute atomic E-state index is 0.0331. The molecule has 0 atom stereocenters. The van der Waals surface area contributed by atoms with Crippen molar-refractivity contribution < 1.29 is 9.50 Å². The summed E-state index contributed by atoms with van der Waals surface area (Å²) < 4.78 is 12.7. The molecule has 16 heavy (non-hydrogen) atoms. The molecule has 0 amide bonds. The monoisotopic (exact) mass is 221 g/mol. The lowest BCUT2D eigenvalue weighted by molar-refractivity contribution is 0.454. The van der Waals surface area contributed by atoms with Crippen molar-refractivity contribution in [1.82, 2.24) is 9.97 Å². The van der Waals surface area contributed by atoms with Crippen molar-refractivity contribution in [2.45, 2.75) is 0 Å². The van der Waals surface area contributed by atoms with Gasteiger partial charge in [0, 0.05) is 0 Å². The molecule has 0 aliphatic carbocycles. The first-order valence-electron chi connectivity index (χ1n) is 4.42. The fourth-order valence-electron chi connectivity index (χ4n) is 1.36. The van der Waals surface area contributed by atoms with Gasteiger partial charge < -0.3 is 10.8 Å². The lowest BCUT2D eigenvalue weighted by Gasteiger charge is -2.03. The highest BCUT2D eigenvalue weighted by Gasteiger charge is 2.11.